The molecule has 0 saturated heterocycles. The van der Waals surface area contributed by atoms with Crippen molar-refractivity contribution in [3.63, 3.8) is 0 Å². The zero-order chi connectivity index (χ0) is 19.7. The molecular weight excluding hydrogens is 402 g/mol. The van der Waals surface area contributed by atoms with Crippen molar-refractivity contribution in [3.05, 3.63) is 54.1 Å². The van der Waals surface area contributed by atoms with Crippen molar-refractivity contribution in [1.82, 2.24) is 10.6 Å². The van der Waals surface area contributed by atoms with Crippen LogP contribution in [0, 0.1) is 0 Å². The lowest BCUT2D eigenvalue weighted by Crippen LogP contribution is -2.31. The third-order valence-corrected chi connectivity index (χ3v) is 5.06. The first kappa shape index (κ1) is 23.7. The molecule has 0 aliphatic heterocycles. The lowest BCUT2D eigenvalue weighted by molar-refractivity contribution is 0.0954. The molecule has 1 amide bonds. The molecule has 154 valence electrons. The van der Waals surface area contributed by atoms with E-state index >= 15 is 0 Å². The van der Waals surface area contributed by atoms with Gasteiger partial charge in [-0.05, 0) is 55.9 Å². The van der Waals surface area contributed by atoms with Crippen molar-refractivity contribution < 1.29 is 17.9 Å². The van der Waals surface area contributed by atoms with Crippen LogP contribution in [0.4, 0.5) is 5.69 Å². The minimum absolute atomic E-state index is 0. The number of nitrogens with one attached hydrogen (secondary N) is 3. The van der Waals surface area contributed by atoms with Gasteiger partial charge in [-0.3, -0.25) is 9.52 Å². The molecule has 2 rings (SSSR count). The van der Waals surface area contributed by atoms with Gasteiger partial charge in [-0.15, -0.1) is 12.4 Å². The molecule has 0 radical (unpaired) electrons. The molecule has 0 fully saturated rings. The number of anilines is 1. The van der Waals surface area contributed by atoms with Crippen molar-refractivity contribution >= 4 is 34.0 Å². The summed E-state index contributed by atoms with van der Waals surface area (Å²) in [5, 5.41) is 5.89. The zero-order valence-corrected chi connectivity index (χ0v) is 17.5. The summed E-state index contributed by atoms with van der Waals surface area (Å²) in [5.41, 5.74) is 0.710. The predicted molar refractivity (Wildman–Crippen MR) is 113 cm³/mol. The lowest BCUT2D eigenvalue weighted by atomic mass is 10.2. The molecule has 0 heterocycles. The van der Waals surface area contributed by atoms with Gasteiger partial charge in [0.15, 0.2) is 0 Å². The fourth-order valence-electron chi connectivity index (χ4n) is 2.36. The monoisotopic (exact) mass is 427 g/mol. The average molecular weight is 428 g/mol. The first-order chi connectivity index (χ1) is 13.0. The minimum atomic E-state index is -3.76. The second kappa shape index (κ2) is 11.5. The number of hydrogen-bond donors (Lipinski definition) is 3. The van der Waals surface area contributed by atoms with E-state index in [0.29, 0.717) is 36.7 Å². The Balaban J connectivity index is 0.00000392. The van der Waals surface area contributed by atoms with Gasteiger partial charge in [0.25, 0.3) is 15.9 Å². The van der Waals surface area contributed by atoms with E-state index in [9.17, 15) is 13.2 Å². The molecule has 0 aliphatic rings. The number of benzene rings is 2. The fourth-order valence-corrected chi connectivity index (χ4v) is 3.41. The second-order valence-electron chi connectivity index (χ2n) is 5.70. The quantitative estimate of drug-likeness (QED) is 0.506. The van der Waals surface area contributed by atoms with Gasteiger partial charge in [-0.1, -0.05) is 13.0 Å². The predicted octanol–water partition coefficient (Wildman–Crippen LogP) is 2.65. The van der Waals surface area contributed by atoms with Crippen LogP contribution in [-0.2, 0) is 10.0 Å². The minimum Gasteiger partial charge on any atom is -0.494 e. The Bertz CT molecular complexity index is 858. The SMILES string of the molecule is CCNCCNC(=O)c1cccc(NS(=O)(=O)c2ccc(OCC)cc2)c1.Cl. The third-order valence-electron chi connectivity index (χ3n) is 3.66. The summed E-state index contributed by atoms with van der Waals surface area (Å²) in [7, 11) is -3.76. The van der Waals surface area contributed by atoms with E-state index in [4.69, 9.17) is 4.74 Å². The number of amides is 1. The van der Waals surface area contributed by atoms with Gasteiger partial charge in [0.1, 0.15) is 5.75 Å². The number of ether oxygens (including phenoxy) is 1. The number of halogens is 1. The maximum absolute atomic E-state index is 12.5. The van der Waals surface area contributed by atoms with Crippen molar-refractivity contribution in [2.75, 3.05) is 31.0 Å². The summed E-state index contributed by atoms with van der Waals surface area (Å²) in [6.07, 6.45) is 0. The highest BCUT2D eigenvalue weighted by Crippen LogP contribution is 2.20. The Morgan fingerprint density at radius 2 is 1.75 bits per heavy atom. The van der Waals surface area contributed by atoms with Gasteiger partial charge >= 0.3 is 0 Å². The number of hydrogen-bond acceptors (Lipinski definition) is 5. The van der Waals surface area contributed by atoms with Crippen LogP contribution in [0.15, 0.2) is 53.4 Å². The van der Waals surface area contributed by atoms with E-state index in [2.05, 4.69) is 15.4 Å². The highest BCUT2D eigenvalue weighted by atomic mass is 35.5. The normalized spacial score (nSPS) is 10.6. The lowest BCUT2D eigenvalue weighted by Gasteiger charge is -2.11. The molecule has 3 N–H and O–H groups in total. The molecule has 7 nitrogen and oxygen atoms in total. The van der Waals surface area contributed by atoms with Gasteiger partial charge in [-0.2, -0.15) is 0 Å². The standard InChI is InChI=1S/C19H25N3O4S.ClH/c1-3-20-12-13-21-19(23)15-6-5-7-16(14-15)22-27(24,25)18-10-8-17(9-11-18)26-4-2;/h5-11,14,20,22H,3-4,12-13H2,1-2H3,(H,21,23);1H. The van der Waals surface area contributed by atoms with Crippen LogP contribution < -0.4 is 20.1 Å². The average Bonchev–Trinajstić information content (AvgIpc) is 2.66. The Labute approximate surface area is 172 Å². The van der Waals surface area contributed by atoms with Crippen LogP contribution >= 0.6 is 12.4 Å². The molecule has 2 aromatic rings. The van der Waals surface area contributed by atoms with Gasteiger partial charge < -0.3 is 15.4 Å². The number of carbonyl (C=O) groups is 1. The molecule has 28 heavy (non-hydrogen) atoms. The summed E-state index contributed by atoms with van der Waals surface area (Å²) < 4.78 is 32.9. The molecule has 0 unspecified atom stereocenters. The van der Waals surface area contributed by atoms with E-state index in [0.717, 1.165) is 6.54 Å². The topological polar surface area (TPSA) is 96.5 Å². The number of carbonyl (C=O) groups excluding carboxylic acids is 1. The Hall–Kier alpha value is -2.29. The van der Waals surface area contributed by atoms with Crippen molar-refractivity contribution in [2.24, 2.45) is 0 Å². The van der Waals surface area contributed by atoms with E-state index in [1.54, 1.807) is 30.3 Å². The Morgan fingerprint density at radius 3 is 2.39 bits per heavy atom. The van der Waals surface area contributed by atoms with Gasteiger partial charge in [0.05, 0.1) is 11.5 Å². The largest absolute Gasteiger partial charge is 0.494 e. The fraction of sp³-hybridized carbons (Fsp3) is 0.316. The van der Waals surface area contributed by atoms with Gasteiger partial charge in [-0.25, -0.2) is 8.42 Å². The van der Waals surface area contributed by atoms with Crippen LogP contribution in [0.3, 0.4) is 0 Å². The number of rotatable bonds is 10. The van der Waals surface area contributed by atoms with Crippen molar-refractivity contribution in [1.29, 1.82) is 0 Å². The van der Waals surface area contributed by atoms with Gasteiger partial charge in [0.2, 0.25) is 0 Å². The van der Waals surface area contributed by atoms with E-state index in [1.165, 1.54) is 18.2 Å². The smallest absolute Gasteiger partial charge is 0.261 e. The van der Waals surface area contributed by atoms with Crippen LogP contribution in [0.2, 0.25) is 0 Å². The molecular formula is C19H26ClN3O4S. The molecule has 9 heteroatoms. The van der Waals surface area contributed by atoms with E-state index in [-0.39, 0.29) is 23.2 Å². The Morgan fingerprint density at radius 1 is 1.04 bits per heavy atom. The summed E-state index contributed by atoms with van der Waals surface area (Å²) in [4.78, 5) is 12.3. The van der Waals surface area contributed by atoms with E-state index in [1.807, 2.05) is 13.8 Å². The highest BCUT2D eigenvalue weighted by Gasteiger charge is 2.15. The third kappa shape index (κ3) is 7.03. The van der Waals surface area contributed by atoms with Crippen molar-refractivity contribution in [3.8, 4) is 5.75 Å². The zero-order valence-electron chi connectivity index (χ0n) is 15.9. The molecule has 2 aromatic carbocycles. The van der Waals surface area contributed by atoms with Crippen LogP contribution in [0.25, 0.3) is 0 Å². The summed E-state index contributed by atoms with van der Waals surface area (Å²) in [6, 6.07) is 12.5. The number of likely N-dealkylation sites (N-methyl/N-ethyl adjacent to an activating group) is 1. The maximum Gasteiger partial charge on any atom is 0.261 e. The summed E-state index contributed by atoms with van der Waals surface area (Å²) in [6.45, 7) is 6.35. The number of sulfonamides is 1. The van der Waals surface area contributed by atoms with Crippen LogP contribution in [0.5, 0.6) is 5.75 Å². The van der Waals surface area contributed by atoms with Crippen LogP contribution in [-0.4, -0.2) is 40.6 Å². The first-order valence-electron chi connectivity index (χ1n) is 8.81. The molecule has 0 atom stereocenters. The summed E-state index contributed by atoms with van der Waals surface area (Å²) in [5.74, 6) is 0.350. The second-order valence-corrected chi connectivity index (χ2v) is 7.38. The van der Waals surface area contributed by atoms with Crippen LogP contribution in [0.1, 0.15) is 24.2 Å². The molecule has 0 aromatic heterocycles. The van der Waals surface area contributed by atoms with Gasteiger partial charge in [0, 0.05) is 24.3 Å². The van der Waals surface area contributed by atoms with Crippen molar-refractivity contribution in [2.45, 2.75) is 18.7 Å². The highest BCUT2D eigenvalue weighted by molar-refractivity contribution is 7.92. The van der Waals surface area contributed by atoms with E-state index < -0.39 is 10.0 Å². The Kier molecular flexibility index (Phi) is 9.78. The molecule has 0 bridgehead atoms. The first-order valence-corrected chi connectivity index (χ1v) is 10.3. The molecule has 0 spiro atoms. The maximum atomic E-state index is 12.5. The summed E-state index contributed by atoms with van der Waals surface area (Å²) >= 11 is 0. The molecule has 0 aliphatic carbocycles. The molecule has 0 saturated carbocycles.